The molecule has 7 nitrogen and oxygen atoms in total. The third-order valence-corrected chi connectivity index (χ3v) is 8.72. The summed E-state index contributed by atoms with van der Waals surface area (Å²) in [6.07, 6.45) is 5.96. The summed E-state index contributed by atoms with van der Waals surface area (Å²) in [5, 5.41) is 0.939. The second-order valence-electron chi connectivity index (χ2n) is 8.39. The molecule has 5 rings (SSSR count). The van der Waals surface area contributed by atoms with E-state index in [4.69, 9.17) is 9.97 Å². The van der Waals surface area contributed by atoms with Crippen molar-refractivity contribution < 1.29 is 8.42 Å². The van der Waals surface area contributed by atoms with Gasteiger partial charge in [-0.1, -0.05) is 36.5 Å². The molecule has 1 saturated heterocycles. The van der Waals surface area contributed by atoms with Crippen molar-refractivity contribution in [3.63, 3.8) is 0 Å². The summed E-state index contributed by atoms with van der Waals surface area (Å²) in [6, 6.07) is 12.4. The fourth-order valence-corrected chi connectivity index (χ4v) is 6.35. The fraction of sp³-hybridized carbons (Fsp3) is 0.391. The molecule has 1 fully saturated rings. The van der Waals surface area contributed by atoms with Crippen molar-refractivity contribution in [3.8, 4) is 0 Å². The second kappa shape index (κ2) is 8.13. The molecule has 0 N–H and O–H groups in total. The number of sulfonamides is 1. The van der Waals surface area contributed by atoms with Crippen molar-refractivity contribution >= 4 is 48.2 Å². The number of aromatic nitrogens is 3. The van der Waals surface area contributed by atoms with Gasteiger partial charge in [0.15, 0.2) is 5.13 Å². The van der Waals surface area contributed by atoms with Gasteiger partial charge >= 0.3 is 0 Å². The molecule has 4 aromatic rings. The monoisotopic (exact) mass is 469 g/mol. The summed E-state index contributed by atoms with van der Waals surface area (Å²) in [5.41, 5.74) is 4.19. The maximum atomic E-state index is 11.9. The Hall–Kier alpha value is -2.49. The normalized spacial score (nSPS) is 16.2. The van der Waals surface area contributed by atoms with Gasteiger partial charge in [0, 0.05) is 26.3 Å². The number of rotatable bonds is 5. The summed E-state index contributed by atoms with van der Waals surface area (Å²) in [7, 11) is -1.07. The summed E-state index contributed by atoms with van der Waals surface area (Å²) in [5.74, 6) is 1.38. The Morgan fingerprint density at radius 3 is 2.56 bits per heavy atom. The predicted molar refractivity (Wildman–Crippen MR) is 131 cm³/mol. The number of benzene rings is 1. The number of nitrogens with zero attached hydrogens (tertiary/aromatic N) is 5. The lowest BCUT2D eigenvalue weighted by Crippen LogP contribution is -2.37. The van der Waals surface area contributed by atoms with Gasteiger partial charge in [0.05, 0.1) is 22.2 Å². The molecule has 0 aliphatic carbocycles. The van der Waals surface area contributed by atoms with Gasteiger partial charge in [0.25, 0.3) is 0 Å². The lowest BCUT2D eigenvalue weighted by molar-refractivity contribution is 0.321. The summed E-state index contributed by atoms with van der Waals surface area (Å²) in [4.78, 5) is 11.8. The van der Waals surface area contributed by atoms with Crippen molar-refractivity contribution in [2.75, 3.05) is 31.3 Å². The van der Waals surface area contributed by atoms with E-state index in [2.05, 4.69) is 47.7 Å². The zero-order valence-corrected chi connectivity index (χ0v) is 20.2. The number of aryl methyl sites for hydroxylation is 1. The predicted octanol–water partition coefficient (Wildman–Crippen LogP) is 4.41. The Bertz CT molecular complexity index is 1350. The van der Waals surface area contributed by atoms with E-state index in [1.807, 2.05) is 18.2 Å². The fourth-order valence-electron chi connectivity index (χ4n) is 4.55. The first-order chi connectivity index (χ1) is 15.3. The first-order valence-electron chi connectivity index (χ1n) is 10.9. The van der Waals surface area contributed by atoms with Crippen LogP contribution in [-0.4, -0.2) is 53.5 Å². The van der Waals surface area contributed by atoms with Crippen LogP contribution in [0.2, 0.25) is 0 Å². The quantitative estimate of drug-likeness (QED) is 0.433. The Morgan fingerprint density at radius 1 is 1.12 bits per heavy atom. The van der Waals surface area contributed by atoms with Crippen LogP contribution < -0.4 is 4.90 Å². The molecule has 0 atom stereocenters. The molecule has 0 unspecified atom stereocenters. The molecular weight excluding hydrogens is 442 g/mol. The minimum Gasteiger partial charge on any atom is -0.305 e. The number of imidazole rings is 1. The van der Waals surface area contributed by atoms with Crippen LogP contribution in [0.25, 0.3) is 15.9 Å². The Morgan fingerprint density at radius 2 is 1.88 bits per heavy atom. The van der Waals surface area contributed by atoms with Crippen LogP contribution in [0.3, 0.4) is 0 Å². The van der Waals surface area contributed by atoms with Gasteiger partial charge in [-0.15, -0.1) is 0 Å². The van der Waals surface area contributed by atoms with Gasteiger partial charge in [-0.25, -0.2) is 22.7 Å². The summed E-state index contributed by atoms with van der Waals surface area (Å²) in [6.45, 7) is 3.27. The molecule has 0 radical (unpaired) electrons. The van der Waals surface area contributed by atoms with E-state index in [1.54, 1.807) is 15.6 Å². The molecule has 0 saturated carbocycles. The van der Waals surface area contributed by atoms with Gasteiger partial charge in [0.1, 0.15) is 11.5 Å². The molecular formula is C23H27N5O2S2. The van der Waals surface area contributed by atoms with Crippen LogP contribution in [0.1, 0.15) is 36.9 Å². The third-order valence-electron chi connectivity index (χ3n) is 6.30. The van der Waals surface area contributed by atoms with Gasteiger partial charge in [-0.05, 0) is 48.9 Å². The molecule has 1 aliphatic heterocycles. The number of pyridine rings is 1. The highest BCUT2D eigenvalue weighted by Crippen LogP contribution is 2.36. The van der Waals surface area contributed by atoms with Gasteiger partial charge in [0.2, 0.25) is 10.0 Å². The number of anilines is 2. The minimum atomic E-state index is -3.12. The minimum absolute atomic E-state index is 0.338. The standard InChI is InChI=1S/C23H27N5O2S2/c1-4-18-22(26(2)23-25-19-7-5-6-8-20(19)31-23)28-15-17(9-10-21(28)24-18)16-11-13-27(14-12-16)32(3,29)30/h5-10,15-16H,4,11-14H2,1-3H3. The molecule has 4 heterocycles. The van der Waals surface area contributed by atoms with Crippen LogP contribution in [0.5, 0.6) is 0 Å². The van der Waals surface area contributed by atoms with Crippen molar-refractivity contribution in [2.45, 2.75) is 32.1 Å². The number of thiazole rings is 1. The summed E-state index contributed by atoms with van der Waals surface area (Å²) >= 11 is 1.68. The highest BCUT2D eigenvalue weighted by molar-refractivity contribution is 7.88. The van der Waals surface area contributed by atoms with E-state index in [1.165, 1.54) is 16.5 Å². The number of hydrogen-bond acceptors (Lipinski definition) is 6. The second-order valence-corrected chi connectivity index (χ2v) is 11.4. The van der Waals surface area contributed by atoms with Crippen LogP contribution in [0.4, 0.5) is 10.9 Å². The van der Waals surface area contributed by atoms with E-state index in [0.717, 1.165) is 47.1 Å². The Labute approximate surface area is 192 Å². The zero-order chi connectivity index (χ0) is 22.5. The average molecular weight is 470 g/mol. The Kier molecular flexibility index (Phi) is 5.43. The molecule has 0 bridgehead atoms. The van der Waals surface area contributed by atoms with Crippen LogP contribution in [0.15, 0.2) is 42.6 Å². The van der Waals surface area contributed by atoms with Crippen LogP contribution >= 0.6 is 11.3 Å². The van der Waals surface area contributed by atoms with Crippen LogP contribution in [-0.2, 0) is 16.4 Å². The highest BCUT2D eigenvalue weighted by Gasteiger charge is 2.27. The highest BCUT2D eigenvalue weighted by atomic mass is 32.2. The maximum Gasteiger partial charge on any atom is 0.211 e. The maximum absolute atomic E-state index is 11.9. The zero-order valence-electron chi connectivity index (χ0n) is 18.5. The molecule has 3 aromatic heterocycles. The van der Waals surface area contributed by atoms with Crippen molar-refractivity contribution in [1.29, 1.82) is 0 Å². The van der Waals surface area contributed by atoms with E-state index >= 15 is 0 Å². The van der Waals surface area contributed by atoms with E-state index in [0.29, 0.717) is 19.0 Å². The van der Waals surface area contributed by atoms with Crippen molar-refractivity contribution in [2.24, 2.45) is 0 Å². The molecule has 1 aliphatic rings. The third kappa shape index (κ3) is 3.78. The molecule has 9 heteroatoms. The van der Waals surface area contributed by atoms with Gasteiger partial charge in [-0.3, -0.25) is 4.40 Å². The smallest absolute Gasteiger partial charge is 0.211 e. The van der Waals surface area contributed by atoms with E-state index in [-0.39, 0.29) is 0 Å². The molecule has 0 spiro atoms. The number of fused-ring (bicyclic) bond motifs is 2. The number of para-hydroxylation sites is 1. The SMILES string of the molecule is CCc1nc2ccc(C3CCN(S(C)(=O)=O)CC3)cn2c1N(C)c1nc2ccccc2s1. The Balaban J connectivity index is 1.51. The van der Waals surface area contributed by atoms with Crippen molar-refractivity contribution in [3.05, 3.63) is 53.9 Å². The van der Waals surface area contributed by atoms with Gasteiger partial charge < -0.3 is 4.90 Å². The lowest BCUT2D eigenvalue weighted by atomic mass is 9.91. The van der Waals surface area contributed by atoms with E-state index in [9.17, 15) is 8.42 Å². The molecule has 1 aromatic carbocycles. The largest absolute Gasteiger partial charge is 0.305 e. The first kappa shape index (κ1) is 21.4. The number of hydrogen-bond donors (Lipinski definition) is 0. The first-order valence-corrected chi connectivity index (χ1v) is 13.6. The molecule has 168 valence electrons. The van der Waals surface area contributed by atoms with E-state index < -0.39 is 10.0 Å². The van der Waals surface area contributed by atoms with Gasteiger partial charge in [-0.2, -0.15) is 0 Å². The topological polar surface area (TPSA) is 70.8 Å². The lowest BCUT2D eigenvalue weighted by Gasteiger charge is -2.30. The number of piperidine rings is 1. The molecule has 32 heavy (non-hydrogen) atoms. The average Bonchev–Trinajstić information content (AvgIpc) is 3.39. The van der Waals surface area contributed by atoms with Crippen molar-refractivity contribution in [1.82, 2.24) is 18.7 Å². The van der Waals surface area contributed by atoms with Crippen LogP contribution in [0, 0.1) is 0 Å². The summed E-state index contributed by atoms with van der Waals surface area (Å²) < 4.78 is 28.6. The molecule has 0 amide bonds.